The molecule has 180 valence electrons. The summed E-state index contributed by atoms with van der Waals surface area (Å²) >= 11 is 5.98. The summed E-state index contributed by atoms with van der Waals surface area (Å²) in [5.74, 6) is -0.972. The number of carbonyl (C=O) groups is 4. The number of halogens is 1. The number of hydrogen-bond acceptors (Lipinski definition) is 5. The van der Waals surface area contributed by atoms with Crippen molar-refractivity contribution >= 4 is 51.7 Å². The number of nitrogens with one attached hydrogen (secondary N) is 1. The van der Waals surface area contributed by atoms with Gasteiger partial charge in [-0.1, -0.05) is 35.9 Å². The van der Waals surface area contributed by atoms with Crippen LogP contribution in [0, 0.1) is 0 Å². The lowest BCUT2D eigenvalue weighted by atomic mass is 9.94. The largest absolute Gasteiger partial charge is 0.495 e. The van der Waals surface area contributed by atoms with Crippen LogP contribution in [0.5, 0.6) is 5.75 Å². The molecule has 8 nitrogen and oxygen atoms in total. The van der Waals surface area contributed by atoms with Gasteiger partial charge in [-0.15, -0.1) is 0 Å². The van der Waals surface area contributed by atoms with E-state index in [2.05, 4.69) is 5.32 Å². The van der Waals surface area contributed by atoms with Crippen LogP contribution < -0.4 is 10.1 Å². The fraction of sp³-hybridized carbons (Fsp3) is 0.231. The van der Waals surface area contributed by atoms with Crippen molar-refractivity contribution in [1.82, 2.24) is 9.80 Å². The number of nitrogens with zero attached hydrogens (tertiary/aromatic N) is 2. The zero-order valence-corrected chi connectivity index (χ0v) is 20.1. The number of anilines is 1. The molecule has 1 heterocycles. The van der Waals surface area contributed by atoms with Crippen LogP contribution in [-0.2, 0) is 9.59 Å². The Labute approximate surface area is 207 Å². The Hall–Kier alpha value is -3.91. The Kier molecular flexibility index (Phi) is 7.02. The molecule has 9 heteroatoms. The first-order valence-electron chi connectivity index (χ1n) is 11.1. The van der Waals surface area contributed by atoms with E-state index < -0.39 is 5.91 Å². The second kappa shape index (κ2) is 10.1. The van der Waals surface area contributed by atoms with Gasteiger partial charge in [-0.3, -0.25) is 24.1 Å². The maximum Gasteiger partial charge on any atom is 0.261 e. The number of carbonyl (C=O) groups excluding carboxylic acids is 4. The third kappa shape index (κ3) is 4.97. The lowest BCUT2D eigenvalue weighted by Gasteiger charge is -2.27. The van der Waals surface area contributed by atoms with E-state index >= 15 is 0 Å². The lowest BCUT2D eigenvalue weighted by molar-refractivity contribution is -0.133. The van der Waals surface area contributed by atoms with Gasteiger partial charge in [0.25, 0.3) is 11.8 Å². The molecule has 0 saturated carbocycles. The van der Waals surface area contributed by atoms with Crippen molar-refractivity contribution < 1.29 is 23.9 Å². The van der Waals surface area contributed by atoms with Crippen LogP contribution >= 0.6 is 11.6 Å². The summed E-state index contributed by atoms with van der Waals surface area (Å²) < 4.78 is 5.21. The van der Waals surface area contributed by atoms with Crippen molar-refractivity contribution in [3.8, 4) is 5.75 Å². The number of imide groups is 1. The van der Waals surface area contributed by atoms with Crippen LogP contribution in [0.3, 0.4) is 0 Å². The van der Waals surface area contributed by atoms with Crippen LogP contribution in [0.4, 0.5) is 5.69 Å². The predicted molar refractivity (Wildman–Crippen MR) is 133 cm³/mol. The number of ether oxygens (including phenoxy) is 1. The Bertz CT molecular complexity index is 1290. The second-order valence-electron chi connectivity index (χ2n) is 8.22. The van der Waals surface area contributed by atoms with E-state index in [1.54, 1.807) is 42.5 Å². The molecule has 0 atom stereocenters. The first-order valence-corrected chi connectivity index (χ1v) is 11.4. The molecule has 0 bridgehead atoms. The Morgan fingerprint density at radius 1 is 1.03 bits per heavy atom. The molecule has 4 amide bonds. The molecule has 4 rings (SSSR count). The molecule has 0 radical (unpaired) electrons. The quantitative estimate of drug-likeness (QED) is 0.479. The Morgan fingerprint density at radius 3 is 2.31 bits per heavy atom. The fourth-order valence-electron chi connectivity index (χ4n) is 4.13. The van der Waals surface area contributed by atoms with Gasteiger partial charge in [0, 0.05) is 41.5 Å². The minimum Gasteiger partial charge on any atom is -0.495 e. The molecule has 1 aliphatic rings. The van der Waals surface area contributed by atoms with Crippen molar-refractivity contribution in [3.05, 3.63) is 70.7 Å². The van der Waals surface area contributed by atoms with Crippen LogP contribution in [0.25, 0.3) is 10.8 Å². The standard InChI is InChI=1S/C26H24ClN3O5/c1-29(15-22(31)28-20-14-17(27)11-12-21(20)35-2)23(32)10-5-13-30-25(33)18-8-3-6-16-7-4-9-19(24(16)18)26(30)34/h3-4,6-9,11-12,14H,5,10,13,15H2,1-2H3,(H,28,31). The highest BCUT2D eigenvalue weighted by molar-refractivity contribution is 6.31. The molecule has 0 aromatic heterocycles. The average Bonchev–Trinajstić information content (AvgIpc) is 2.84. The summed E-state index contributed by atoms with van der Waals surface area (Å²) in [4.78, 5) is 53.4. The van der Waals surface area contributed by atoms with Gasteiger partial charge in [0.2, 0.25) is 11.8 Å². The minimum atomic E-state index is -0.410. The molecular formula is C26H24ClN3O5. The summed E-state index contributed by atoms with van der Waals surface area (Å²) in [7, 11) is 3.00. The van der Waals surface area contributed by atoms with E-state index in [1.807, 2.05) is 12.1 Å². The maximum atomic E-state index is 13.0. The van der Waals surface area contributed by atoms with E-state index in [4.69, 9.17) is 16.3 Å². The summed E-state index contributed by atoms with van der Waals surface area (Å²) in [6.07, 6.45) is 0.357. The molecule has 1 N–H and O–H groups in total. The van der Waals surface area contributed by atoms with Crippen molar-refractivity contribution in [2.75, 3.05) is 32.6 Å². The van der Waals surface area contributed by atoms with Gasteiger partial charge in [-0.2, -0.15) is 0 Å². The molecule has 0 spiro atoms. The highest BCUT2D eigenvalue weighted by Crippen LogP contribution is 2.30. The SMILES string of the molecule is COc1ccc(Cl)cc1NC(=O)CN(C)C(=O)CCCN1C(=O)c2cccc3cccc(c23)C1=O. The maximum absolute atomic E-state index is 13.0. The fourth-order valence-corrected chi connectivity index (χ4v) is 4.31. The molecular weight excluding hydrogens is 470 g/mol. The molecule has 0 aliphatic carbocycles. The number of hydrogen-bond donors (Lipinski definition) is 1. The minimum absolute atomic E-state index is 0.0766. The topological polar surface area (TPSA) is 96.0 Å². The van der Waals surface area contributed by atoms with E-state index in [0.717, 1.165) is 5.39 Å². The summed E-state index contributed by atoms with van der Waals surface area (Å²) in [6, 6.07) is 15.6. The summed E-state index contributed by atoms with van der Waals surface area (Å²) in [6.45, 7) is -0.0701. The Balaban J connectivity index is 1.33. The Morgan fingerprint density at radius 2 is 1.69 bits per heavy atom. The highest BCUT2D eigenvalue weighted by atomic mass is 35.5. The molecule has 3 aromatic rings. The van der Waals surface area contributed by atoms with Crippen molar-refractivity contribution in [2.24, 2.45) is 0 Å². The molecule has 3 aromatic carbocycles. The van der Waals surface area contributed by atoms with Gasteiger partial charge in [0.05, 0.1) is 19.3 Å². The van der Waals surface area contributed by atoms with E-state index in [0.29, 0.717) is 33.0 Å². The van der Waals surface area contributed by atoms with Gasteiger partial charge >= 0.3 is 0 Å². The number of amides is 4. The predicted octanol–water partition coefficient (Wildman–Crippen LogP) is 3.98. The van der Waals surface area contributed by atoms with Crippen molar-refractivity contribution in [2.45, 2.75) is 12.8 Å². The third-order valence-corrected chi connectivity index (χ3v) is 6.11. The normalized spacial score (nSPS) is 12.6. The first kappa shape index (κ1) is 24.2. The number of methoxy groups -OCH3 is 1. The lowest BCUT2D eigenvalue weighted by Crippen LogP contribution is -2.41. The van der Waals surface area contributed by atoms with Crippen LogP contribution in [0.2, 0.25) is 5.02 Å². The number of likely N-dealkylation sites (N-methyl/N-ethyl adjacent to an activating group) is 1. The smallest absolute Gasteiger partial charge is 0.261 e. The zero-order chi connectivity index (χ0) is 25.1. The number of rotatable bonds is 8. The van der Waals surface area contributed by atoms with Gasteiger partial charge < -0.3 is 15.0 Å². The first-order chi connectivity index (χ1) is 16.8. The van der Waals surface area contributed by atoms with Crippen molar-refractivity contribution in [3.63, 3.8) is 0 Å². The van der Waals surface area contributed by atoms with Crippen LogP contribution in [-0.4, -0.2) is 60.7 Å². The molecule has 0 unspecified atom stereocenters. The zero-order valence-electron chi connectivity index (χ0n) is 19.3. The molecule has 35 heavy (non-hydrogen) atoms. The van der Waals surface area contributed by atoms with Crippen molar-refractivity contribution in [1.29, 1.82) is 0 Å². The number of benzene rings is 3. The second-order valence-corrected chi connectivity index (χ2v) is 8.65. The van der Waals surface area contributed by atoms with E-state index in [9.17, 15) is 19.2 Å². The molecule has 0 fully saturated rings. The molecule has 0 saturated heterocycles. The van der Waals surface area contributed by atoms with E-state index in [1.165, 1.54) is 24.0 Å². The van der Waals surface area contributed by atoms with Gasteiger partial charge in [-0.25, -0.2) is 0 Å². The molecule has 1 aliphatic heterocycles. The third-order valence-electron chi connectivity index (χ3n) is 5.87. The summed E-state index contributed by atoms with van der Waals surface area (Å²) in [5, 5.41) is 4.63. The monoisotopic (exact) mass is 493 g/mol. The summed E-state index contributed by atoms with van der Waals surface area (Å²) in [5.41, 5.74) is 1.37. The van der Waals surface area contributed by atoms with E-state index in [-0.39, 0.29) is 43.7 Å². The van der Waals surface area contributed by atoms with Gasteiger partial charge in [0.15, 0.2) is 0 Å². The van der Waals surface area contributed by atoms with Crippen LogP contribution in [0.1, 0.15) is 33.6 Å². The highest BCUT2D eigenvalue weighted by Gasteiger charge is 2.32. The van der Waals surface area contributed by atoms with Gasteiger partial charge in [-0.05, 0) is 42.1 Å². The average molecular weight is 494 g/mol. The van der Waals surface area contributed by atoms with Gasteiger partial charge in [0.1, 0.15) is 5.75 Å². The van der Waals surface area contributed by atoms with Crippen LogP contribution in [0.15, 0.2) is 54.6 Å².